The maximum absolute atomic E-state index is 14.4. The number of nitrogens with zero attached hydrogens (tertiary/aromatic N) is 1. The van der Waals surface area contributed by atoms with E-state index in [1.165, 1.54) is 36.2 Å². The smallest absolute Gasteiger partial charge is 0.262 e. The van der Waals surface area contributed by atoms with Crippen LogP contribution < -0.4 is 15.4 Å². The Balaban J connectivity index is 1.76. The van der Waals surface area contributed by atoms with Crippen LogP contribution in [-0.4, -0.2) is 31.1 Å². The lowest BCUT2D eigenvalue weighted by molar-refractivity contribution is 0.0984. The summed E-state index contributed by atoms with van der Waals surface area (Å²) in [5.74, 6) is -1.90. The van der Waals surface area contributed by atoms with Crippen molar-refractivity contribution in [3.8, 4) is 16.9 Å². The Morgan fingerprint density at radius 2 is 1.82 bits per heavy atom. The Labute approximate surface area is 205 Å². The monoisotopic (exact) mass is 504 g/mol. The molecule has 0 heterocycles. The predicted molar refractivity (Wildman–Crippen MR) is 128 cm³/mol. The van der Waals surface area contributed by atoms with Gasteiger partial charge in [0.15, 0.2) is 0 Å². The highest BCUT2D eigenvalue weighted by atomic mass is 35.5. The van der Waals surface area contributed by atoms with E-state index < -0.39 is 23.3 Å². The van der Waals surface area contributed by atoms with Crippen LogP contribution in [0.3, 0.4) is 0 Å². The first kappa shape index (κ1) is 24.0. The second kappa shape index (κ2) is 9.24. The molecule has 0 aromatic heterocycles. The third kappa shape index (κ3) is 4.86. The van der Waals surface area contributed by atoms with Crippen LogP contribution in [0.4, 0.5) is 14.5 Å². The standard InChI is InChI=1S/C25H20Cl2F2N2O3/c1-31(24(33)22-18(27)3-2-4-19(22)28)20-8-6-14(12-21(20)34-13-25(29)9-10-25)16-11-15(23(30)32)5-7-17(16)26/h2-8,11-12H,9-10,13H2,1H3,(H2,30,32). The molecule has 4 rings (SSSR count). The third-order valence-electron chi connectivity index (χ3n) is 5.64. The number of alkyl halides is 1. The number of hydrogen-bond donors (Lipinski definition) is 1. The van der Waals surface area contributed by atoms with Crippen molar-refractivity contribution >= 4 is 40.7 Å². The number of nitrogens with two attached hydrogens (primary N) is 1. The number of halogens is 4. The van der Waals surface area contributed by atoms with Crippen LogP contribution in [0.2, 0.25) is 10.0 Å². The summed E-state index contributed by atoms with van der Waals surface area (Å²) in [6, 6.07) is 13.4. The summed E-state index contributed by atoms with van der Waals surface area (Å²) in [5.41, 5.74) is 5.27. The first-order valence-corrected chi connectivity index (χ1v) is 11.1. The molecule has 0 saturated heterocycles. The summed E-state index contributed by atoms with van der Waals surface area (Å²) in [5, 5.41) is 0.321. The molecular formula is C25H20Cl2F2N2O3. The van der Waals surface area contributed by atoms with Crippen LogP contribution in [0.1, 0.15) is 33.6 Å². The van der Waals surface area contributed by atoms with Gasteiger partial charge in [-0.2, -0.15) is 0 Å². The number of carbonyl (C=O) groups excluding carboxylic acids is 2. The molecule has 1 saturated carbocycles. The van der Waals surface area contributed by atoms with Crippen molar-refractivity contribution in [2.45, 2.75) is 18.5 Å². The molecule has 0 aliphatic heterocycles. The molecule has 1 aliphatic rings. The first-order valence-electron chi connectivity index (χ1n) is 10.4. The molecule has 0 radical (unpaired) electrons. The Kier molecular flexibility index (Phi) is 6.51. The number of hydrogen-bond acceptors (Lipinski definition) is 3. The molecule has 1 aliphatic carbocycles. The number of amides is 2. The van der Waals surface area contributed by atoms with Crippen LogP contribution in [-0.2, 0) is 0 Å². The number of carbonyl (C=O) groups is 2. The largest absolute Gasteiger partial charge is 0.488 e. The van der Waals surface area contributed by atoms with Crippen LogP contribution >= 0.6 is 23.2 Å². The van der Waals surface area contributed by atoms with Gasteiger partial charge in [-0.25, -0.2) is 8.78 Å². The summed E-state index contributed by atoms with van der Waals surface area (Å²) < 4.78 is 34.5. The minimum absolute atomic E-state index is 0.0355. The second-order valence-electron chi connectivity index (χ2n) is 8.14. The molecule has 3 aromatic rings. The predicted octanol–water partition coefficient (Wildman–Crippen LogP) is 6.06. The van der Waals surface area contributed by atoms with Gasteiger partial charge in [-0.15, -0.1) is 0 Å². The van der Waals surface area contributed by atoms with E-state index in [0.29, 0.717) is 29.0 Å². The van der Waals surface area contributed by atoms with Crippen LogP contribution in [0.25, 0.3) is 11.1 Å². The topological polar surface area (TPSA) is 72.6 Å². The van der Waals surface area contributed by atoms with E-state index in [2.05, 4.69) is 0 Å². The summed E-state index contributed by atoms with van der Waals surface area (Å²) in [6.45, 7) is -0.207. The van der Waals surface area contributed by atoms with Crippen molar-refractivity contribution in [3.63, 3.8) is 0 Å². The van der Waals surface area contributed by atoms with Crippen molar-refractivity contribution in [2.75, 3.05) is 18.6 Å². The fourth-order valence-corrected chi connectivity index (χ4v) is 3.91. The quantitative estimate of drug-likeness (QED) is 0.425. The average molecular weight is 505 g/mol. The van der Waals surface area contributed by atoms with E-state index in [9.17, 15) is 18.4 Å². The van der Waals surface area contributed by atoms with Gasteiger partial charge < -0.3 is 15.4 Å². The maximum atomic E-state index is 14.4. The van der Waals surface area contributed by atoms with Crippen molar-refractivity contribution in [3.05, 3.63) is 81.6 Å². The van der Waals surface area contributed by atoms with Crippen molar-refractivity contribution in [1.82, 2.24) is 0 Å². The van der Waals surface area contributed by atoms with Gasteiger partial charge in [-0.1, -0.05) is 35.3 Å². The highest BCUT2D eigenvalue weighted by Crippen LogP contribution is 2.42. The van der Waals surface area contributed by atoms with Gasteiger partial charge in [0.05, 0.1) is 16.3 Å². The van der Waals surface area contributed by atoms with Gasteiger partial charge in [-0.05, 0) is 60.9 Å². The summed E-state index contributed by atoms with van der Waals surface area (Å²) in [6.07, 6.45) is 0.766. The van der Waals surface area contributed by atoms with Gasteiger partial charge >= 0.3 is 0 Å². The zero-order valence-corrected chi connectivity index (χ0v) is 19.6. The summed E-state index contributed by atoms with van der Waals surface area (Å²) in [7, 11) is 1.44. The van der Waals surface area contributed by atoms with E-state index in [0.717, 1.165) is 6.07 Å². The lowest BCUT2D eigenvalue weighted by Gasteiger charge is -2.23. The van der Waals surface area contributed by atoms with Crippen molar-refractivity contribution in [1.29, 1.82) is 0 Å². The van der Waals surface area contributed by atoms with E-state index in [4.69, 9.17) is 33.7 Å². The van der Waals surface area contributed by atoms with Crippen LogP contribution in [0.5, 0.6) is 5.75 Å². The molecule has 5 nitrogen and oxygen atoms in total. The van der Waals surface area contributed by atoms with E-state index in [1.807, 2.05) is 0 Å². The number of primary amides is 1. The Morgan fingerprint density at radius 1 is 1.09 bits per heavy atom. The lowest BCUT2D eigenvalue weighted by atomic mass is 10.0. The van der Waals surface area contributed by atoms with Gasteiger partial charge in [0.25, 0.3) is 5.91 Å². The fraction of sp³-hybridized carbons (Fsp3) is 0.200. The Hall–Kier alpha value is -3.16. The molecule has 0 atom stereocenters. The molecule has 176 valence electrons. The molecule has 0 spiro atoms. The van der Waals surface area contributed by atoms with Crippen LogP contribution in [0, 0.1) is 5.82 Å². The molecular weight excluding hydrogens is 485 g/mol. The normalized spacial score (nSPS) is 13.9. The summed E-state index contributed by atoms with van der Waals surface area (Å²) in [4.78, 5) is 25.9. The minimum Gasteiger partial charge on any atom is -0.488 e. The van der Waals surface area contributed by atoms with Gasteiger partial charge in [-0.3, -0.25) is 9.59 Å². The summed E-state index contributed by atoms with van der Waals surface area (Å²) >= 11 is 12.4. The van der Waals surface area contributed by atoms with Gasteiger partial charge in [0.2, 0.25) is 5.91 Å². The SMILES string of the molecule is CN(C(=O)c1c(F)cccc1Cl)c1ccc(-c2cc(C(N)=O)ccc2Cl)cc1OCC1(F)CC1. The molecule has 9 heteroatoms. The molecule has 2 N–H and O–H groups in total. The Bertz CT molecular complexity index is 1270. The average Bonchev–Trinajstić information content (AvgIpc) is 3.54. The molecule has 3 aromatic carbocycles. The lowest BCUT2D eigenvalue weighted by Crippen LogP contribution is -2.28. The highest BCUT2D eigenvalue weighted by Gasteiger charge is 2.44. The number of rotatable bonds is 7. The van der Waals surface area contributed by atoms with Crippen molar-refractivity contribution < 1.29 is 23.1 Å². The Morgan fingerprint density at radius 3 is 2.47 bits per heavy atom. The fourth-order valence-electron chi connectivity index (χ4n) is 3.44. The first-order chi connectivity index (χ1) is 16.1. The number of benzene rings is 3. The number of anilines is 1. The third-order valence-corrected chi connectivity index (χ3v) is 6.29. The second-order valence-corrected chi connectivity index (χ2v) is 8.96. The number of ether oxygens (including phenoxy) is 1. The molecule has 0 unspecified atom stereocenters. The molecule has 0 bridgehead atoms. The van der Waals surface area contributed by atoms with Gasteiger partial charge in [0, 0.05) is 23.2 Å². The zero-order valence-electron chi connectivity index (χ0n) is 18.1. The van der Waals surface area contributed by atoms with Crippen LogP contribution in [0.15, 0.2) is 54.6 Å². The van der Waals surface area contributed by atoms with E-state index in [1.54, 1.807) is 24.3 Å². The highest BCUT2D eigenvalue weighted by molar-refractivity contribution is 6.34. The van der Waals surface area contributed by atoms with E-state index >= 15 is 0 Å². The minimum atomic E-state index is -1.42. The van der Waals surface area contributed by atoms with Gasteiger partial charge in [0.1, 0.15) is 23.8 Å². The van der Waals surface area contributed by atoms with Crippen molar-refractivity contribution in [2.24, 2.45) is 5.73 Å². The zero-order chi connectivity index (χ0) is 24.6. The molecule has 2 amide bonds. The molecule has 34 heavy (non-hydrogen) atoms. The maximum Gasteiger partial charge on any atom is 0.262 e. The molecule has 1 fully saturated rings. The van der Waals surface area contributed by atoms with E-state index in [-0.39, 0.29) is 34.2 Å².